The fourth-order valence-electron chi connectivity index (χ4n) is 2.68. The van der Waals surface area contributed by atoms with Gasteiger partial charge in [-0.1, -0.05) is 85.8 Å². The van der Waals surface area contributed by atoms with Crippen molar-refractivity contribution in [3.8, 4) is 22.3 Å². The van der Waals surface area contributed by atoms with Crippen LogP contribution < -0.4 is 0 Å². The summed E-state index contributed by atoms with van der Waals surface area (Å²) in [5.41, 5.74) is 6.63. The fraction of sp³-hybridized carbons (Fsp3) is 0.100. The number of hydrogen-bond donors (Lipinski definition) is 0. The Balaban J connectivity index is 0.00000161. The molecule has 0 aliphatic carbocycles. The lowest BCUT2D eigenvalue weighted by atomic mass is 9.91. The van der Waals surface area contributed by atoms with E-state index >= 15 is 0 Å². The van der Waals surface area contributed by atoms with E-state index in [0.29, 0.717) is 0 Å². The summed E-state index contributed by atoms with van der Waals surface area (Å²) in [6.45, 7) is 2.21. The van der Waals surface area contributed by atoms with Crippen LogP contribution in [0.2, 0.25) is 0 Å². The van der Waals surface area contributed by atoms with E-state index in [0.717, 1.165) is 6.42 Å². The molecule has 0 radical (unpaired) electrons. The fourth-order valence-corrected chi connectivity index (χ4v) is 2.68. The third-order valence-corrected chi connectivity index (χ3v) is 3.70. The van der Waals surface area contributed by atoms with Crippen molar-refractivity contribution in [3.63, 3.8) is 0 Å². The standard InChI is InChI=1S/C20H18.H3P/c1-2-16-10-6-7-13-18(16)20-15-9-8-14-19(20)17-11-4-3-5-12-17;/h3-15H,2H2,1H3;1H3. The Morgan fingerprint density at radius 3 is 1.76 bits per heavy atom. The molecule has 0 nitrogen and oxygen atoms in total. The van der Waals surface area contributed by atoms with Crippen LogP contribution in [0.3, 0.4) is 0 Å². The van der Waals surface area contributed by atoms with Crippen molar-refractivity contribution in [2.75, 3.05) is 0 Å². The van der Waals surface area contributed by atoms with Gasteiger partial charge in [0, 0.05) is 0 Å². The largest absolute Gasteiger partial charge is 0.153 e. The van der Waals surface area contributed by atoms with Gasteiger partial charge in [0.25, 0.3) is 0 Å². The lowest BCUT2D eigenvalue weighted by Crippen LogP contribution is -1.90. The maximum atomic E-state index is 2.22. The molecule has 0 fully saturated rings. The first-order valence-corrected chi connectivity index (χ1v) is 7.13. The first-order valence-electron chi connectivity index (χ1n) is 7.13. The smallest absolute Gasteiger partial charge is 0.0103 e. The average molecular weight is 292 g/mol. The Kier molecular flexibility index (Phi) is 5.31. The Morgan fingerprint density at radius 1 is 0.571 bits per heavy atom. The van der Waals surface area contributed by atoms with Gasteiger partial charge in [-0.15, -0.1) is 0 Å². The van der Waals surface area contributed by atoms with Crippen molar-refractivity contribution >= 4 is 9.90 Å². The van der Waals surface area contributed by atoms with E-state index in [4.69, 9.17) is 0 Å². The molecule has 0 spiro atoms. The van der Waals surface area contributed by atoms with Crippen molar-refractivity contribution in [2.24, 2.45) is 0 Å². The molecule has 0 bridgehead atoms. The van der Waals surface area contributed by atoms with Crippen LogP contribution in [0.1, 0.15) is 12.5 Å². The molecule has 0 aromatic heterocycles. The van der Waals surface area contributed by atoms with Gasteiger partial charge in [-0.3, -0.25) is 0 Å². The predicted octanol–water partition coefficient (Wildman–Crippen LogP) is 5.64. The van der Waals surface area contributed by atoms with E-state index in [2.05, 4.69) is 85.8 Å². The monoisotopic (exact) mass is 292 g/mol. The van der Waals surface area contributed by atoms with Gasteiger partial charge >= 0.3 is 0 Å². The molecule has 106 valence electrons. The molecule has 0 saturated carbocycles. The van der Waals surface area contributed by atoms with E-state index in [1.54, 1.807) is 0 Å². The van der Waals surface area contributed by atoms with Crippen LogP contribution in [-0.2, 0) is 6.42 Å². The van der Waals surface area contributed by atoms with Crippen LogP contribution in [0.4, 0.5) is 0 Å². The van der Waals surface area contributed by atoms with E-state index in [1.807, 2.05) is 0 Å². The highest BCUT2D eigenvalue weighted by Gasteiger charge is 2.09. The maximum absolute atomic E-state index is 2.22. The highest BCUT2D eigenvalue weighted by atomic mass is 31.0. The zero-order chi connectivity index (χ0) is 13.8. The summed E-state index contributed by atoms with van der Waals surface area (Å²) in [4.78, 5) is 0. The molecule has 0 aliphatic rings. The molecule has 3 aromatic carbocycles. The zero-order valence-electron chi connectivity index (χ0n) is 12.4. The van der Waals surface area contributed by atoms with Crippen LogP contribution in [0.15, 0.2) is 78.9 Å². The van der Waals surface area contributed by atoms with Gasteiger partial charge in [0.05, 0.1) is 0 Å². The maximum Gasteiger partial charge on any atom is -0.0103 e. The van der Waals surface area contributed by atoms with Gasteiger partial charge in [-0.2, -0.15) is 9.90 Å². The molecule has 0 amide bonds. The van der Waals surface area contributed by atoms with Crippen LogP contribution in [0.25, 0.3) is 22.3 Å². The second kappa shape index (κ2) is 7.20. The van der Waals surface area contributed by atoms with E-state index in [1.165, 1.54) is 27.8 Å². The summed E-state index contributed by atoms with van der Waals surface area (Å²) in [7, 11) is 0. The first kappa shape index (κ1) is 15.5. The molecule has 0 heterocycles. The van der Waals surface area contributed by atoms with Crippen molar-refractivity contribution in [1.29, 1.82) is 0 Å². The van der Waals surface area contributed by atoms with Crippen LogP contribution in [-0.4, -0.2) is 0 Å². The minimum absolute atomic E-state index is 0. The molecule has 0 saturated heterocycles. The van der Waals surface area contributed by atoms with Crippen LogP contribution >= 0.6 is 9.90 Å². The molecule has 1 atom stereocenters. The summed E-state index contributed by atoms with van der Waals surface area (Å²) in [6, 6.07) is 27.9. The first-order chi connectivity index (χ1) is 9.90. The quantitative estimate of drug-likeness (QED) is 0.548. The van der Waals surface area contributed by atoms with Crippen molar-refractivity contribution in [1.82, 2.24) is 0 Å². The molecule has 1 heteroatoms. The molecule has 3 aromatic rings. The topological polar surface area (TPSA) is 0 Å². The van der Waals surface area contributed by atoms with Crippen LogP contribution in [0, 0.1) is 0 Å². The minimum atomic E-state index is 0. The number of rotatable bonds is 3. The highest BCUT2D eigenvalue weighted by molar-refractivity contribution is 6.92. The summed E-state index contributed by atoms with van der Waals surface area (Å²) >= 11 is 0. The molecule has 1 unspecified atom stereocenters. The van der Waals surface area contributed by atoms with Gasteiger partial charge in [0.2, 0.25) is 0 Å². The number of hydrogen-bond acceptors (Lipinski definition) is 0. The lowest BCUT2D eigenvalue weighted by molar-refractivity contribution is 1.14. The molecule has 0 aliphatic heterocycles. The summed E-state index contributed by atoms with van der Waals surface area (Å²) in [5.74, 6) is 0. The Bertz CT molecular complexity index is 702. The number of benzene rings is 3. The van der Waals surface area contributed by atoms with Gasteiger partial charge in [-0.25, -0.2) is 0 Å². The second-order valence-corrected chi connectivity index (χ2v) is 4.92. The predicted molar refractivity (Wildman–Crippen MR) is 97.8 cm³/mol. The average Bonchev–Trinajstić information content (AvgIpc) is 2.55. The highest BCUT2D eigenvalue weighted by Crippen LogP contribution is 2.33. The van der Waals surface area contributed by atoms with Gasteiger partial charge < -0.3 is 0 Å². The molecule has 0 N–H and O–H groups in total. The van der Waals surface area contributed by atoms with Crippen molar-refractivity contribution in [3.05, 3.63) is 84.4 Å². The lowest BCUT2D eigenvalue weighted by Gasteiger charge is -2.13. The zero-order valence-corrected chi connectivity index (χ0v) is 13.8. The van der Waals surface area contributed by atoms with Gasteiger partial charge in [0.1, 0.15) is 0 Å². The molecule has 21 heavy (non-hydrogen) atoms. The third-order valence-electron chi connectivity index (χ3n) is 3.70. The molecular weight excluding hydrogens is 271 g/mol. The van der Waals surface area contributed by atoms with E-state index < -0.39 is 0 Å². The van der Waals surface area contributed by atoms with Crippen molar-refractivity contribution in [2.45, 2.75) is 13.3 Å². The Labute approximate surface area is 130 Å². The summed E-state index contributed by atoms with van der Waals surface area (Å²) in [6.07, 6.45) is 1.05. The summed E-state index contributed by atoms with van der Waals surface area (Å²) in [5, 5.41) is 0. The molecule has 3 rings (SSSR count). The van der Waals surface area contributed by atoms with Crippen LogP contribution in [0.5, 0.6) is 0 Å². The molecular formula is C20H21P. The van der Waals surface area contributed by atoms with E-state index in [9.17, 15) is 0 Å². The van der Waals surface area contributed by atoms with Gasteiger partial charge in [0.15, 0.2) is 0 Å². The Hall–Kier alpha value is -1.91. The van der Waals surface area contributed by atoms with Crippen molar-refractivity contribution < 1.29 is 0 Å². The third kappa shape index (κ3) is 3.23. The Morgan fingerprint density at radius 2 is 1.10 bits per heavy atom. The second-order valence-electron chi connectivity index (χ2n) is 4.92. The normalized spacial score (nSPS) is 9.95. The van der Waals surface area contributed by atoms with Gasteiger partial charge in [-0.05, 0) is 34.2 Å². The summed E-state index contributed by atoms with van der Waals surface area (Å²) < 4.78 is 0. The van der Waals surface area contributed by atoms with E-state index in [-0.39, 0.29) is 9.90 Å². The SMILES string of the molecule is CCc1ccccc1-c1ccccc1-c1ccccc1.P. The minimum Gasteiger partial charge on any atom is -0.153 e. The number of aryl methyl sites for hydroxylation is 1.